The number of nitrogens with zero attached hydrogens (tertiary/aromatic N) is 1. The lowest BCUT2D eigenvalue weighted by Gasteiger charge is -2.15. The lowest BCUT2D eigenvalue weighted by Crippen LogP contribution is -2.25. The molecule has 3 N–H and O–H groups in total. The number of hydrogen-bond acceptors (Lipinski definition) is 4. The normalized spacial score (nSPS) is 13.2. The molecule has 1 aromatic heterocycles. The molecule has 0 unspecified atom stereocenters. The zero-order chi connectivity index (χ0) is 16.2. The number of carbonyl (C=O) groups is 2. The molecule has 1 aliphatic heterocycles. The molecule has 2 heterocycles. The van der Waals surface area contributed by atoms with Gasteiger partial charge in [-0.25, -0.2) is 0 Å². The summed E-state index contributed by atoms with van der Waals surface area (Å²) in [6, 6.07) is 4.81. The summed E-state index contributed by atoms with van der Waals surface area (Å²) in [5, 5.41) is 2.15. The fraction of sp³-hybridized carbons (Fsp3) is 0. The third-order valence-corrected chi connectivity index (χ3v) is 5.26. The molecule has 1 aromatic carbocycles. The van der Waals surface area contributed by atoms with Crippen molar-refractivity contribution in [2.45, 2.75) is 0 Å². The van der Waals surface area contributed by atoms with Crippen molar-refractivity contribution >= 4 is 78.7 Å². The number of nitrogens with two attached hydrogens (primary N) is 1. The Bertz CT molecular complexity index is 900. The van der Waals surface area contributed by atoms with E-state index in [1.807, 2.05) is 12.1 Å². The van der Waals surface area contributed by atoms with Gasteiger partial charge in [-0.05, 0) is 57.3 Å². The second-order valence-electron chi connectivity index (χ2n) is 4.49. The monoisotopic (exact) mass is 585 g/mol. The van der Waals surface area contributed by atoms with Crippen molar-refractivity contribution < 1.29 is 9.59 Å². The van der Waals surface area contributed by atoms with Crippen LogP contribution in [0.1, 0.15) is 20.7 Å². The van der Waals surface area contributed by atoms with Gasteiger partial charge in [-0.1, -0.05) is 15.9 Å². The molecular weight excluding hydrogens is 580 g/mol. The van der Waals surface area contributed by atoms with E-state index in [1.54, 1.807) is 0 Å². The largest absolute Gasteiger partial charge is 0.384 e. The number of rotatable bonds is 1. The van der Waals surface area contributed by atoms with Crippen LogP contribution in [-0.4, -0.2) is 16.4 Å². The molecule has 1 aliphatic rings. The number of imide groups is 1. The number of hydrogen-bond donors (Lipinski definition) is 2. The third kappa shape index (κ3) is 2.38. The van der Waals surface area contributed by atoms with E-state index >= 15 is 0 Å². The van der Waals surface area contributed by atoms with Crippen molar-refractivity contribution in [2.24, 2.45) is 0 Å². The van der Waals surface area contributed by atoms with Gasteiger partial charge < -0.3 is 5.73 Å². The molecule has 0 aliphatic carbocycles. The van der Waals surface area contributed by atoms with Gasteiger partial charge >= 0.3 is 0 Å². The minimum Gasteiger partial charge on any atom is -0.384 e. The number of benzene rings is 1. The van der Waals surface area contributed by atoms with Crippen molar-refractivity contribution in [3.63, 3.8) is 0 Å². The number of carbonyl (C=O) groups excluding carboxylic acids is 2. The first-order chi connectivity index (χ1) is 10.3. The molecule has 3 rings (SSSR count). The maximum absolute atomic E-state index is 12.4. The summed E-state index contributed by atoms with van der Waals surface area (Å²) in [6.45, 7) is 0. The van der Waals surface area contributed by atoms with Gasteiger partial charge in [0.15, 0.2) is 0 Å². The van der Waals surface area contributed by atoms with Gasteiger partial charge in [0.2, 0.25) is 0 Å². The molecule has 0 saturated heterocycles. The summed E-state index contributed by atoms with van der Waals surface area (Å²) in [6.07, 6.45) is 0. The Morgan fingerprint density at radius 1 is 1.05 bits per heavy atom. The van der Waals surface area contributed by atoms with Crippen LogP contribution in [0.5, 0.6) is 0 Å². The van der Waals surface area contributed by atoms with Crippen LogP contribution in [-0.2, 0) is 0 Å². The van der Waals surface area contributed by atoms with E-state index in [0.717, 1.165) is 17.7 Å². The first kappa shape index (κ1) is 15.9. The van der Waals surface area contributed by atoms with E-state index < -0.39 is 17.4 Å². The molecule has 22 heavy (non-hydrogen) atoms. The molecule has 0 bridgehead atoms. The van der Waals surface area contributed by atoms with Gasteiger partial charge in [0, 0.05) is 17.7 Å². The number of amides is 2. The maximum Gasteiger partial charge on any atom is 0.262 e. The SMILES string of the molecule is Nc1c2c(cc(=O)n1-c1c(I)cc(Br)cc1I)C(=O)NC2=O. The lowest BCUT2D eigenvalue weighted by atomic mass is 10.1. The fourth-order valence-corrected chi connectivity index (χ4v) is 5.82. The zero-order valence-corrected chi connectivity index (χ0v) is 16.5. The highest BCUT2D eigenvalue weighted by atomic mass is 127. The smallest absolute Gasteiger partial charge is 0.262 e. The van der Waals surface area contributed by atoms with E-state index in [0.29, 0.717) is 5.69 Å². The average molecular weight is 586 g/mol. The lowest BCUT2D eigenvalue weighted by molar-refractivity contribution is 0.0880. The van der Waals surface area contributed by atoms with Crippen molar-refractivity contribution in [1.29, 1.82) is 0 Å². The van der Waals surface area contributed by atoms with E-state index in [1.165, 1.54) is 4.57 Å². The molecule has 6 nitrogen and oxygen atoms in total. The van der Waals surface area contributed by atoms with Crippen LogP contribution in [0.2, 0.25) is 0 Å². The van der Waals surface area contributed by atoms with E-state index in [4.69, 9.17) is 5.73 Å². The van der Waals surface area contributed by atoms with E-state index in [9.17, 15) is 14.4 Å². The first-order valence-corrected chi connectivity index (χ1v) is 8.82. The van der Waals surface area contributed by atoms with Crippen LogP contribution in [0.4, 0.5) is 5.82 Å². The summed E-state index contributed by atoms with van der Waals surface area (Å²) >= 11 is 7.56. The average Bonchev–Trinajstić information content (AvgIpc) is 2.67. The van der Waals surface area contributed by atoms with E-state index in [2.05, 4.69) is 66.4 Å². The molecule has 0 spiro atoms. The predicted octanol–water partition coefficient (Wildman–Crippen LogP) is 2.27. The zero-order valence-electron chi connectivity index (χ0n) is 10.6. The molecule has 112 valence electrons. The second kappa shape index (κ2) is 5.60. The number of aromatic nitrogens is 1. The highest BCUT2D eigenvalue weighted by Gasteiger charge is 2.32. The van der Waals surface area contributed by atoms with Gasteiger partial charge in [-0.3, -0.25) is 24.3 Å². The fourth-order valence-electron chi connectivity index (χ4n) is 2.26. The molecule has 0 radical (unpaired) electrons. The van der Waals surface area contributed by atoms with Crippen LogP contribution < -0.4 is 16.6 Å². The Labute approximate surface area is 159 Å². The number of fused-ring (bicyclic) bond motifs is 1. The van der Waals surface area contributed by atoms with Crippen molar-refractivity contribution in [1.82, 2.24) is 9.88 Å². The predicted molar refractivity (Wildman–Crippen MR) is 101 cm³/mol. The molecule has 0 saturated carbocycles. The Morgan fingerprint density at radius 2 is 1.64 bits per heavy atom. The Morgan fingerprint density at radius 3 is 2.23 bits per heavy atom. The van der Waals surface area contributed by atoms with Gasteiger partial charge in [0.05, 0.1) is 16.8 Å². The third-order valence-electron chi connectivity index (χ3n) is 3.16. The molecular formula is C13H6BrI2N3O3. The number of halogens is 3. The van der Waals surface area contributed by atoms with Crippen molar-refractivity contribution in [2.75, 3.05) is 5.73 Å². The quantitative estimate of drug-likeness (QED) is 0.397. The summed E-state index contributed by atoms with van der Waals surface area (Å²) in [4.78, 5) is 36.0. The first-order valence-electron chi connectivity index (χ1n) is 5.87. The van der Waals surface area contributed by atoms with Gasteiger partial charge in [-0.15, -0.1) is 0 Å². The van der Waals surface area contributed by atoms with E-state index in [-0.39, 0.29) is 16.9 Å². The van der Waals surface area contributed by atoms with Crippen molar-refractivity contribution in [3.8, 4) is 5.69 Å². The van der Waals surface area contributed by atoms with Crippen LogP contribution in [0.15, 0.2) is 27.5 Å². The summed E-state index contributed by atoms with van der Waals surface area (Å²) in [5.41, 5.74) is 6.21. The van der Waals surface area contributed by atoms with Crippen LogP contribution in [0, 0.1) is 7.14 Å². The minimum atomic E-state index is -0.601. The number of pyridine rings is 1. The van der Waals surface area contributed by atoms with Gasteiger partial charge in [0.1, 0.15) is 5.82 Å². The molecule has 0 fully saturated rings. The second-order valence-corrected chi connectivity index (χ2v) is 7.73. The molecule has 9 heteroatoms. The van der Waals surface area contributed by atoms with Crippen LogP contribution >= 0.6 is 61.1 Å². The number of nitrogens with one attached hydrogen (secondary N) is 1. The van der Waals surface area contributed by atoms with Gasteiger partial charge in [-0.2, -0.15) is 0 Å². The molecule has 2 aromatic rings. The molecule has 0 atom stereocenters. The number of anilines is 1. The standard InChI is InChI=1S/C13H6BrI2N3O3/c14-4-1-6(15)10(7(16)2-4)19-8(20)3-5-9(11(19)17)13(22)18-12(5)21/h1-3H,17H2,(H,18,21,22). The summed E-state index contributed by atoms with van der Waals surface area (Å²) in [7, 11) is 0. The summed E-state index contributed by atoms with van der Waals surface area (Å²) < 4.78 is 3.70. The highest BCUT2D eigenvalue weighted by molar-refractivity contribution is 14.1. The Kier molecular flexibility index (Phi) is 4.05. The molecule has 2 amide bonds. The topological polar surface area (TPSA) is 94.2 Å². The minimum absolute atomic E-state index is 0.0193. The van der Waals surface area contributed by atoms with Crippen molar-refractivity contribution in [3.05, 3.63) is 51.3 Å². The summed E-state index contributed by atoms with van der Waals surface area (Å²) in [5.74, 6) is -1.23. The maximum atomic E-state index is 12.4. The number of nitrogen functional groups attached to an aromatic ring is 1. The Balaban J connectivity index is 2.40. The van der Waals surface area contributed by atoms with Gasteiger partial charge in [0.25, 0.3) is 17.4 Å². The Hall–Kier alpha value is -0.950. The van der Waals surface area contributed by atoms with Crippen LogP contribution in [0.25, 0.3) is 5.69 Å². The highest BCUT2D eigenvalue weighted by Crippen LogP contribution is 2.30. The van der Waals surface area contributed by atoms with Crippen LogP contribution in [0.3, 0.4) is 0 Å².